The van der Waals surface area contributed by atoms with Crippen molar-refractivity contribution in [3.05, 3.63) is 35.9 Å². The van der Waals surface area contributed by atoms with E-state index in [4.69, 9.17) is 8.25 Å². The summed E-state index contributed by atoms with van der Waals surface area (Å²) in [4.78, 5) is 0. The van der Waals surface area contributed by atoms with Gasteiger partial charge in [0.1, 0.15) is 0 Å². The predicted molar refractivity (Wildman–Crippen MR) is 40.7 cm³/mol. The third kappa shape index (κ3) is 2.24. The van der Waals surface area contributed by atoms with E-state index in [0.717, 1.165) is 0 Å². The van der Waals surface area contributed by atoms with Crippen LogP contribution in [0.3, 0.4) is 0 Å². The van der Waals surface area contributed by atoms with E-state index in [0.29, 0.717) is 3.43 Å². The molecule has 1 rings (SSSR count). The molecule has 1 aromatic carbocycles. The summed E-state index contributed by atoms with van der Waals surface area (Å²) < 4.78 is 0.697. The van der Waals surface area contributed by atoms with Crippen LogP contribution in [0.5, 0.6) is 0 Å². The fraction of sp³-hybridized carbons (Fsp3) is 0.250. The minimum absolute atomic E-state index is 0.697. The number of halogens is 1. The van der Waals surface area contributed by atoms with Crippen molar-refractivity contribution in [3.8, 4) is 0 Å². The molecular weight excluding hydrogens is 332 g/mol. The molecule has 0 saturated heterocycles. The molecular formula is C8H9ClHg. The Morgan fingerprint density at radius 1 is 1.30 bits per heavy atom. The van der Waals surface area contributed by atoms with Crippen LogP contribution in [0.4, 0.5) is 0 Å². The SMILES string of the molecule is C[C@@H]([Hg][Cl])c1ccccc1. The van der Waals surface area contributed by atoms with Crippen molar-refractivity contribution in [2.45, 2.75) is 10.4 Å². The van der Waals surface area contributed by atoms with E-state index in [1.807, 2.05) is 6.07 Å². The number of benzene rings is 1. The Balaban J connectivity index is 2.75. The van der Waals surface area contributed by atoms with Crippen molar-refractivity contribution in [1.82, 2.24) is 0 Å². The first-order valence-corrected chi connectivity index (χ1v) is 13.4. The van der Waals surface area contributed by atoms with Crippen LogP contribution < -0.4 is 0 Å². The van der Waals surface area contributed by atoms with E-state index in [-0.39, 0.29) is 0 Å². The molecule has 2 heteroatoms. The Morgan fingerprint density at radius 2 is 1.90 bits per heavy atom. The van der Waals surface area contributed by atoms with Gasteiger partial charge in [-0.25, -0.2) is 0 Å². The summed E-state index contributed by atoms with van der Waals surface area (Å²) >= 11 is -1.04. The van der Waals surface area contributed by atoms with E-state index in [2.05, 4.69) is 31.2 Å². The molecule has 0 fully saturated rings. The second-order valence-electron chi connectivity index (χ2n) is 2.47. The van der Waals surface area contributed by atoms with Crippen LogP contribution in [-0.4, -0.2) is 0 Å². The Kier molecular flexibility index (Phi) is 3.71. The van der Waals surface area contributed by atoms with Gasteiger partial charge in [0.15, 0.2) is 0 Å². The first-order valence-electron chi connectivity index (χ1n) is 3.45. The van der Waals surface area contributed by atoms with Crippen molar-refractivity contribution < 1.29 is 23.3 Å². The topological polar surface area (TPSA) is 0 Å². The Labute approximate surface area is 77.5 Å². The third-order valence-corrected chi connectivity index (χ3v) is 9.29. The maximum atomic E-state index is 5.91. The summed E-state index contributed by atoms with van der Waals surface area (Å²) in [5.74, 6) is 0. The molecule has 0 aliphatic rings. The number of hydrogen-bond acceptors (Lipinski definition) is 0. The van der Waals surface area contributed by atoms with Crippen molar-refractivity contribution >= 4 is 8.25 Å². The molecule has 1 atom stereocenters. The van der Waals surface area contributed by atoms with Gasteiger partial charge < -0.3 is 0 Å². The van der Waals surface area contributed by atoms with Gasteiger partial charge in [-0.1, -0.05) is 0 Å². The molecule has 50 valence electrons. The van der Waals surface area contributed by atoms with Gasteiger partial charge in [-0.2, -0.15) is 0 Å². The Hall–Kier alpha value is 0.445. The zero-order chi connectivity index (χ0) is 7.40. The van der Waals surface area contributed by atoms with Crippen LogP contribution in [0, 0.1) is 0 Å². The molecule has 0 nitrogen and oxygen atoms in total. The van der Waals surface area contributed by atoms with Crippen molar-refractivity contribution in [2.75, 3.05) is 0 Å². The summed E-state index contributed by atoms with van der Waals surface area (Å²) in [6, 6.07) is 10.5. The van der Waals surface area contributed by atoms with Gasteiger partial charge in [-0.3, -0.25) is 0 Å². The Morgan fingerprint density at radius 3 is 2.40 bits per heavy atom. The molecule has 0 aliphatic carbocycles. The van der Waals surface area contributed by atoms with Gasteiger partial charge in [0, 0.05) is 0 Å². The summed E-state index contributed by atoms with van der Waals surface area (Å²) in [5.41, 5.74) is 1.42. The van der Waals surface area contributed by atoms with Gasteiger partial charge >= 0.3 is 77.8 Å². The molecule has 0 amide bonds. The molecule has 0 unspecified atom stereocenters. The molecule has 1 aromatic rings. The summed E-state index contributed by atoms with van der Waals surface area (Å²) in [5, 5.41) is 0. The monoisotopic (exact) mass is 342 g/mol. The maximum absolute atomic E-state index is 5.91. The first kappa shape index (κ1) is 8.54. The standard InChI is InChI=1S/C8H9.ClH.Hg/c1-2-8-6-4-3-5-7-8;;/h2-7H,1H3;1H;/q;;+1/p-1. The van der Waals surface area contributed by atoms with Gasteiger partial charge in [-0.15, -0.1) is 0 Å². The predicted octanol–water partition coefficient (Wildman–Crippen LogP) is 2.98. The quantitative estimate of drug-likeness (QED) is 0.726. The van der Waals surface area contributed by atoms with Crippen molar-refractivity contribution in [3.63, 3.8) is 0 Å². The first-order chi connectivity index (χ1) is 4.84. The minimum atomic E-state index is -1.04. The van der Waals surface area contributed by atoms with Gasteiger partial charge in [0.2, 0.25) is 0 Å². The average Bonchev–Trinajstić information content (AvgIpc) is 2.05. The van der Waals surface area contributed by atoms with Crippen LogP contribution in [0.15, 0.2) is 30.3 Å². The normalized spacial score (nSPS) is 12.2. The fourth-order valence-corrected chi connectivity index (χ4v) is 4.18. The van der Waals surface area contributed by atoms with Crippen LogP contribution in [0.25, 0.3) is 0 Å². The molecule has 0 N–H and O–H groups in total. The van der Waals surface area contributed by atoms with Crippen LogP contribution >= 0.6 is 8.25 Å². The molecule has 0 saturated carbocycles. The average molecular weight is 341 g/mol. The number of rotatable bonds is 2. The van der Waals surface area contributed by atoms with Crippen LogP contribution in [0.1, 0.15) is 15.9 Å². The van der Waals surface area contributed by atoms with E-state index in [9.17, 15) is 0 Å². The zero-order valence-corrected chi connectivity index (χ0v) is 12.3. The second kappa shape index (κ2) is 4.35. The molecule has 0 bridgehead atoms. The summed E-state index contributed by atoms with van der Waals surface area (Å²) in [6.45, 7) is 2.23. The van der Waals surface area contributed by atoms with Gasteiger partial charge in [-0.05, 0) is 0 Å². The van der Waals surface area contributed by atoms with Crippen LogP contribution in [0.2, 0.25) is 0 Å². The van der Waals surface area contributed by atoms with Gasteiger partial charge in [0.05, 0.1) is 0 Å². The summed E-state index contributed by atoms with van der Waals surface area (Å²) in [6.07, 6.45) is 0. The van der Waals surface area contributed by atoms with E-state index in [1.165, 1.54) is 5.56 Å². The van der Waals surface area contributed by atoms with Crippen LogP contribution in [-0.2, 0) is 23.3 Å². The fourth-order valence-electron chi connectivity index (χ4n) is 0.871. The van der Waals surface area contributed by atoms with Crippen molar-refractivity contribution in [1.29, 1.82) is 0 Å². The van der Waals surface area contributed by atoms with Crippen molar-refractivity contribution in [2.24, 2.45) is 0 Å². The molecule has 0 aliphatic heterocycles. The molecule has 0 heterocycles. The molecule has 0 aromatic heterocycles. The van der Waals surface area contributed by atoms with Gasteiger partial charge in [0.25, 0.3) is 0 Å². The van der Waals surface area contributed by atoms with E-state index in [1.54, 1.807) is 0 Å². The number of hydrogen-bond donors (Lipinski definition) is 0. The zero-order valence-electron chi connectivity index (χ0n) is 6.05. The second-order valence-corrected chi connectivity index (χ2v) is 11.1. The van der Waals surface area contributed by atoms with E-state index < -0.39 is 23.3 Å². The summed E-state index contributed by atoms with van der Waals surface area (Å²) in [7, 11) is 5.91. The molecule has 0 radical (unpaired) electrons. The Bertz CT molecular complexity index is 186. The third-order valence-electron chi connectivity index (χ3n) is 1.60. The van der Waals surface area contributed by atoms with E-state index >= 15 is 0 Å². The molecule has 0 spiro atoms. The molecule has 10 heavy (non-hydrogen) atoms.